The highest BCUT2D eigenvalue weighted by atomic mass is 14.6. The minimum absolute atomic E-state index is 0.767. The first-order chi connectivity index (χ1) is 5.16. The summed E-state index contributed by atoms with van der Waals surface area (Å²) in [7, 11) is 0. The Kier molecular flexibility index (Phi) is 1.87. The molecule has 1 heteroatoms. The number of nitrogen functional groups attached to an aromatic ring is 1. The molecule has 1 nitrogen and oxygen atoms in total. The highest BCUT2D eigenvalue weighted by Gasteiger charge is 2.01. The van der Waals surface area contributed by atoms with Crippen molar-refractivity contribution < 1.29 is 0 Å². The lowest BCUT2D eigenvalue weighted by atomic mass is 10.0. The molecule has 0 saturated carbocycles. The van der Waals surface area contributed by atoms with Crippen LogP contribution in [0.25, 0.3) is 0 Å². The third kappa shape index (κ3) is 1.20. The molecular formula is C10H11N. The maximum atomic E-state index is 5.67. The molecule has 0 heterocycles. The van der Waals surface area contributed by atoms with Crippen LogP contribution in [0.3, 0.4) is 0 Å². The van der Waals surface area contributed by atoms with Crippen LogP contribution in [0.4, 0.5) is 5.69 Å². The fourth-order valence-corrected chi connectivity index (χ4v) is 1.09. The van der Waals surface area contributed by atoms with Crippen molar-refractivity contribution in [2.75, 3.05) is 5.73 Å². The predicted octanol–water partition coefficient (Wildman–Crippen LogP) is 1.87. The first kappa shape index (κ1) is 7.68. The maximum absolute atomic E-state index is 5.67. The SMILES string of the molecule is C#Cc1c(C)ccc(N)c1C. The van der Waals surface area contributed by atoms with E-state index < -0.39 is 0 Å². The van der Waals surface area contributed by atoms with Crippen LogP contribution in [-0.2, 0) is 0 Å². The van der Waals surface area contributed by atoms with Crippen LogP contribution in [0.15, 0.2) is 12.1 Å². The zero-order valence-corrected chi connectivity index (χ0v) is 6.81. The lowest BCUT2D eigenvalue weighted by molar-refractivity contribution is 1.35. The molecule has 0 amide bonds. The third-order valence-corrected chi connectivity index (χ3v) is 1.86. The van der Waals surface area contributed by atoms with Crippen LogP contribution in [-0.4, -0.2) is 0 Å². The van der Waals surface area contributed by atoms with Gasteiger partial charge in [-0.3, -0.25) is 0 Å². The number of terminal acetylenes is 1. The van der Waals surface area contributed by atoms with Crippen LogP contribution in [0, 0.1) is 26.2 Å². The second-order valence-corrected chi connectivity index (χ2v) is 2.62. The Morgan fingerprint density at radius 1 is 1.36 bits per heavy atom. The predicted molar refractivity (Wildman–Crippen MR) is 48.3 cm³/mol. The summed E-state index contributed by atoms with van der Waals surface area (Å²) < 4.78 is 0. The Hall–Kier alpha value is -1.42. The Bertz CT molecular complexity index is 318. The van der Waals surface area contributed by atoms with Crippen molar-refractivity contribution in [1.29, 1.82) is 0 Å². The van der Waals surface area contributed by atoms with Gasteiger partial charge in [0.25, 0.3) is 0 Å². The minimum Gasteiger partial charge on any atom is -0.398 e. The summed E-state index contributed by atoms with van der Waals surface area (Å²) in [6, 6.07) is 3.82. The normalized spacial score (nSPS) is 9.18. The van der Waals surface area contributed by atoms with Gasteiger partial charge < -0.3 is 5.73 Å². The molecule has 0 aliphatic heterocycles. The number of hydrogen-bond donors (Lipinski definition) is 1. The molecule has 11 heavy (non-hydrogen) atoms. The van der Waals surface area contributed by atoms with Crippen molar-refractivity contribution >= 4 is 5.69 Å². The zero-order chi connectivity index (χ0) is 8.43. The molecule has 0 aliphatic rings. The number of hydrogen-bond acceptors (Lipinski definition) is 1. The lowest BCUT2D eigenvalue weighted by Gasteiger charge is -2.05. The van der Waals surface area contributed by atoms with Crippen LogP contribution in [0.2, 0.25) is 0 Å². The van der Waals surface area contributed by atoms with E-state index in [4.69, 9.17) is 12.2 Å². The molecule has 1 aromatic carbocycles. The fraction of sp³-hybridized carbons (Fsp3) is 0.200. The van der Waals surface area contributed by atoms with E-state index in [1.807, 2.05) is 26.0 Å². The Balaban J connectivity index is 3.44. The van der Waals surface area contributed by atoms with Crippen molar-refractivity contribution in [3.63, 3.8) is 0 Å². The van der Waals surface area contributed by atoms with Crippen LogP contribution in [0.5, 0.6) is 0 Å². The van der Waals surface area contributed by atoms with Gasteiger partial charge in [0.05, 0.1) is 0 Å². The number of aryl methyl sites for hydroxylation is 1. The molecule has 0 saturated heterocycles. The van der Waals surface area contributed by atoms with Gasteiger partial charge in [0.2, 0.25) is 0 Å². The quantitative estimate of drug-likeness (QED) is 0.437. The Morgan fingerprint density at radius 2 is 2.00 bits per heavy atom. The standard InChI is InChI=1S/C10H11N/c1-4-9-7(2)5-6-10(11)8(9)3/h1,5-6H,11H2,2-3H3. The van der Waals surface area contributed by atoms with Gasteiger partial charge in [-0.05, 0) is 31.0 Å². The minimum atomic E-state index is 0.767. The monoisotopic (exact) mass is 145 g/mol. The second kappa shape index (κ2) is 2.67. The van der Waals surface area contributed by atoms with E-state index in [0.29, 0.717) is 0 Å². The van der Waals surface area contributed by atoms with Gasteiger partial charge in [-0.25, -0.2) is 0 Å². The van der Waals surface area contributed by atoms with Crippen LogP contribution < -0.4 is 5.73 Å². The lowest BCUT2D eigenvalue weighted by Crippen LogP contribution is -1.94. The van der Waals surface area contributed by atoms with Crippen LogP contribution >= 0.6 is 0 Å². The molecule has 1 rings (SSSR count). The summed E-state index contributed by atoms with van der Waals surface area (Å²) in [5.74, 6) is 2.62. The molecule has 0 unspecified atom stereocenters. The number of rotatable bonds is 0. The maximum Gasteiger partial charge on any atom is 0.0356 e. The average molecular weight is 145 g/mol. The van der Waals surface area contributed by atoms with Crippen molar-refractivity contribution in [1.82, 2.24) is 0 Å². The van der Waals surface area contributed by atoms with Crippen molar-refractivity contribution in [2.45, 2.75) is 13.8 Å². The number of benzene rings is 1. The van der Waals surface area contributed by atoms with Gasteiger partial charge in [0.1, 0.15) is 0 Å². The highest BCUT2D eigenvalue weighted by molar-refractivity contribution is 5.58. The smallest absolute Gasteiger partial charge is 0.0356 e. The van der Waals surface area contributed by atoms with Crippen molar-refractivity contribution in [3.8, 4) is 12.3 Å². The number of nitrogens with two attached hydrogens (primary N) is 1. The summed E-state index contributed by atoms with van der Waals surface area (Å²) >= 11 is 0. The summed E-state index contributed by atoms with van der Waals surface area (Å²) in [6.45, 7) is 3.93. The molecule has 0 aliphatic carbocycles. The molecule has 1 aromatic rings. The molecule has 0 radical (unpaired) electrons. The summed E-state index contributed by atoms with van der Waals surface area (Å²) in [5, 5.41) is 0. The second-order valence-electron chi connectivity index (χ2n) is 2.62. The van der Waals surface area contributed by atoms with Gasteiger partial charge >= 0.3 is 0 Å². The van der Waals surface area contributed by atoms with Crippen molar-refractivity contribution in [3.05, 3.63) is 28.8 Å². The van der Waals surface area contributed by atoms with E-state index in [0.717, 1.165) is 22.4 Å². The highest BCUT2D eigenvalue weighted by Crippen LogP contribution is 2.18. The third-order valence-electron chi connectivity index (χ3n) is 1.86. The largest absolute Gasteiger partial charge is 0.398 e. The van der Waals surface area contributed by atoms with Gasteiger partial charge in [-0.1, -0.05) is 12.0 Å². The van der Waals surface area contributed by atoms with Crippen LogP contribution in [0.1, 0.15) is 16.7 Å². The van der Waals surface area contributed by atoms with Gasteiger partial charge in [0.15, 0.2) is 0 Å². The first-order valence-electron chi connectivity index (χ1n) is 3.49. The average Bonchev–Trinajstić information content (AvgIpc) is 1.99. The van der Waals surface area contributed by atoms with Crippen molar-refractivity contribution in [2.24, 2.45) is 0 Å². The van der Waals surface area contributed by atoms with E-state index in [1.165, 1.54) is 0 Å². The fourth-order valence-electron chi connectivity index (χ4n) is 1.09. The van der Waals surface area contributed by atoms with E-state index in [2.05, 4.69) is 5.92 Å². The Labute approximate surface area is 67.2 Å². The van der Waals surface area contributed by atoms with Gasteiger partial charge in [-0.15, -0.1) is 6.42 Å². The van der Waals surface area contributed by atoms with E-state index in [-0.39, 0.29) is 0 Å². The summed E-state index contributed by atoms with van der Waals surface area (Å²) in [6.07, 6.45) is 5.31. The van der Waals surface area contributed by atoms with E-state index in [1.54, 1.807) is 0 Å². The Morgan fingerprint density at radius 3 is 2.45 bits per heavy atom. The first-order valence-corrected chi connectivity index (χ1v) is 3.49. The zero-order valence-electron chi connectivity index (χ0n) is 6.81. The molecule has 0 bridgehead atoms. The summed E-state index contributed by atoms with van der Waals surface area (Å²) in [4.78, 5) is 0. The van der Waals surface area contributed by atoms with E-state index >= 15 is 0 Å². The molecule has 2 N–H and O–H groups in total. The van der Waals surface area contributed by atoms with Gasteiger partial charge in [-0.2, -0.15) is 0 Å². The molecule has 0 spiro atoms. The number of anilines is 1. The molecular weight excluding hydrogens is 134 g/mol. The molecule has 0 atom stereocenters. The van der Waals surface area contributed by atoms with E-state index in [9.17, 15) is 0 Å². The van der Waals surface area contributed by atoms with Gasteiger partial charge in [0, 0.05) is 11.3 Å². The molecule has 0 fully saturated rings. The molecule has 0 aromatic heterocycles. The summed E-state index contributed by atoms with van der Waals surface area (Å²) in [5.41, 5.74) is 9.48. The molecule has 56 valence electrons. The topological polar surface area (TPSA) is 26.0 Å².